The number of hydrogen-bond acceptors (Lipinski definition) is 4. The molecule has 1 aromatic carbocycles. The molecule has 0 heterocycles. The van der Waals surface area contributed by atoms with Crippen LogP contribution >= 0.6 is 0 Å². The van der Waals surface area contributed by atoms with Gasteiger partial charge in [0.2, 0.25) is 0 Å². The first-order chi connectivity index (χ1) is 11.6. The molecule has 2 N–H and O–H groups in total. The first-order valence-electron chi connectivity index (χ1n) is 8.36. The zero-order valence-corrected chi connectivity index (χ0v) is 14.1. The fourth-order valence-corrected chi connectivity index (χ4v) is 2.92. The molecule has 0 aliphatic heterocycles. The summed E-state index contributed by atoms with van der Waals surface area (Å²) in [7, 11) is 0. The average molecular weight is 328 g/mol. The molecule has 1 unspecified atom stereocenters. The molecule has 1 aliphatic carbocycles. The standard InChI is InChI=1S/C18H24N4O2/c1-3-14(4-2)24-16-11-13(10-15(17(16)19)21-22-20)18(23)12-8-6-5-7-9-12/h5-9,11,14-17H,3-4,10,19H2,1-2H3/t15?,16-,17-/m1/s1. The summed E-state index contributed by atoms with van der Waals surface area (Å²) >= 11 is 0. The van der Waals surface area contributed by atoms with Crippen molar-refractivity contribution in [2.45, 2.75) is 57.4 Å². The third-order valence-electron chi connectivity index (χ3n) is 4.41. The third-order valence-corrected chi connectivity index (χ3v) is 4.41. The number of carbonyl (C=O) groups excluding carboxylic acids is 1. The SMILES string of the molecule is CCC(CC)O[C@@H]1C=C(C(=O)c2ccccc2)CC(N=[N+]=[N-])[C@H]1N. The van der Waals surface area contributed by atoms with Crippen LogP contribution < -0.4 is 5.73 Å². The Labute approximate surface area is 142 Å². The maximum atomic E-state index is 12.7. The Kier molecular flexibility index (Phi) is 6.55. The molecule has 0 saturated carbocycles. The third kappa shape index (κ3) is 4.23. The molecule has 24 heavy (non-hydrogen) atoms. The number of hydrogen-bond donors (Lipinski definition) is 1. The lowest BCUT2D eigenvalue weighted by Gasteiger charge is -2.34. The minimum atomic E-state index is -0.484. The second kappa shape index (κ2) is 8.64. The van der Waals surface area contributed by atoms with Crippen molar-refractivity contribution >= 4 is 5.78 Å². The van der Waals surface area contributed by atoms with Crippen LogP contribution in [0.4, 0.5) is 0 Å². The molecule has 0 bridgehead atoms. The van der Waals surface area contributed by atoms with Gasteiger partial charge in [-0.3, -0.25) is 4.79 Å². The Bertz CT molecular complexity index is 634. The Morgan fingerprint density at radius 2 is 2.04 bits per heavy atom. The summed E-state index contributed by atoms with van der Waals surface area (Å²) < 4.78 is 6.06. The van der Waals surface area contributed by atoms with Gasteiger partial charge < -0.3 is 10.5 Å². The molecule has 0 spiro atoms. The molecule has 0 amide bonds. The normalized spacial score (nSPS) is 23.5. The minimum Gasteiger partial charge on any atom is -0.369 e. The summed E-state index contributed by atoms with van der Waals surface area (Å²) in [5.74, 6) is -0.0706. The number of benzene rings is 1. The lowest BCUT2D eigenvalue weighted by molar-refractivity contribution is -0.00983. The highest BCUT2D eigenvalue weighted by atomic mass is 16.5. The Hall–Kier alpha value is -2.14. The predicted octanol–water partition coefficient (Wildman–Crippen LogP) is 3.78. The molecule has 6 heteroatoms. The van der Waals surface area contributed by atoms with Gasteiger partial charge in [0, 0.05) is 16.5 Å². The summed E-state index contributed by atoms with van der Waals surface area (Å²) in [5, 5.41) is 3.78. The van der Waals surface area contributed by atoms with Crippen molar-refractivity contribution in [3.8, 4) is 0 Å². The van der Waals surface area contributed by atoms with Gasteiger partial charge in [-0.05, 0) is 36.4 Å². The van der Waals surface area contributed by atoms with E-state index in [0.717, 1.165) is 12.8 Å². The van der Waals surface area contributed by atoms with Crippen LogP contribution in [0.25, 0.3) is 10.4 Å². The van der Waals surface area contributed by atoms with Gasteiger partial charge in [0.1, 0.15) is 0 Å². The molecular weight excluding hydrogens is 304 g/mol. The van der Waals surface area contributed by atoms with Crippen molar-refractivity contribution in [3.63, 3.8) is 0 Å². The number of azide groups is 1. The zero-order chi connectivity index (χ0) is 17.5. The molecule has 1 aromatic rings. The second-order valence-corrected chi connectivity index (χ2v) is 5.98. The molecule has 0 saturated heterocycles. The van der Waals surface area contributed by atoms with Crippen LogP contribution in [0.15, 0.2) is 47.1 Å². The van der Waals surface area contributed by atoms with Gasteiger partial charge in [-0.15, -0.1) is 0 Å². The van der Waals surface area contributed by atoms with E-state index in [2.05, 4.69) is 10.0 Å². The fourth-order valence-electron chi connectivity index (χ4n) is 2.92. The summed E-state index contributed by atoms with van der Waals surface area (Å²) in [4.78, 5) is 15.6. The van der Waals surface area contributed by atoms with Gasteiger partial charge in [0.15, 0.2) is 5.78 Å². The number of nitrogens with zero attached hydrogens (tertiary/aromatic N) is 3. The topological polar surface area (TPSA) is 101 Å². The molecule has 0 radical (unpaired) electrons. The first kappa shape index (κ1) is 18.2. The average Bonchev–Trinajstić information content (AvgIpc) is 2.62. The van der Waals surface area contributed by atoms with E-state index in [0.29, 0.717) is 17.6 Å². The summed E-state index contributed by atoms with van der Waals surface area (Å²) in [6, 6.07) is 8.13. The lowest BCUT2D eigenvalue weighted by atomic mass is 9.85. The van der Waals surface area contributed by atoms with Gasteiger partial charge in [0.25, 0.3) is 0 Å². The minimum absolute atomic E-state index is 0.0650. The van der Waals surface area contributed by atoms with Crippen LogP contribution in [0.1, 0.15) is 43.5 Å². The van der Waals surface area contributed by atoms with Gasteiger partial charge in [-0.25, -0.2) is 0 Å². The molecule has 128 valence electrons. The summed E-state index contributed by atoms with van der Waals surface area (Å²) in [5.41, 5.74) is 16.2. The number of rotatable bonds is 7. The predicted molar refractivity (Wildman–Crippen MR) is 93.6 cm³/mol. The summed E-state index contributed by atoms with van der Waals surface area (Å²) in [6.07, 6.45) is 3.50. The largest absolute Gasteiger partial charge is 0.369 e. The second-order valence-electron chi connectivity index (χ2n) is 5.98. The van der Waals surface area contributed by atoms with Crippen LogP contribution in [-0.4, -0.2) is 30.1 Å². The molecule has 0 aromatic heterocycles. The van der Waals surface area contributed by atoms with Crippen LogP contribution in [-0.2, 0) is 4.74 Å². The van der Waals surface area contributed by atoms with Crippen molar-refractivity contribution < 1.29 is 9.53 Å². The zero-order valence-electron chi connectivity index (χ0n) is 14.1. The molecule has 3 atom stereocenters. The highest BCUT2D eigenvalue weighted by Crippen LogP contribution is 2.27. The van der Waals surface area contributed by atoms with Gasteiger partial charge in [0.05, 0.1) is 18.2 Å². The van der Waals surface area contributed by atoms with E-state index in [9.17, 15) is 4.79 Å². The van der Waals surface area contributed by atoms with Crippen LogP contribution in [0, 0.1) is 0 Å². The fraction of sp³-hybridized carbons (Fsp3) is 0.500. The van der Waals surface area contributed by atoms with Crippen molar-refractivity contribution in [2.75, 3.05) is 0 Å². The van der Waals surface area contributed by atoms with Crippen LogP contribution in [0.5, 0.6) is 0 Å². The molecule has 2 rings (SSSR count). The van der Waals surface area contributed by atoms with Crippen LogP contribution in [0.3, 0.4) is 0 Å². The van der Waals surface area contributed by atoms with E-state index in [1.165, 1.54) is 0 Å². The molecular formula is C18H24N4O2. The Morgan fingerprint density at radius 3 is 2.62 bits per heavy atom. The highest BCUT2D eigenvalue weighted by molar-refractivity contribution is 6.08. The number of ether oxygens (including phenoxy) is 1. The molecule has 0 fully saturated rings. The highest BCUT2D eigenvalue weighted by Gasteiger charge is 2.34. The number of Topliss-reactive ketones (excluding diaryl/α,β-unsaturated/α-hetero) is 1. The first-order valence-corrected chi connectivity index (χ1v) is 8.36. The summed E-state index contributed by atoms with van der Waals surface area (Å²) in [6.45, 7) is 4.10. The Morgan fingerprint density at radius 1 is 1.38 bits per heavy atom. The monoisotopic (exact) mass is 328 g/mol. The number of ketones is 1. The molecule has 1 aliphatic rings. The molecule has 6 nitrogen and oxygen atoms in total. The quantitative estimate of drug-likeness (QED) is 0.356. The number of carbonyl (C=O) groups is 1. The van der Waals surface area contributed by atoms with Crippen molar-refractivity contribution in [2.24, 2.45) is 10.8 Å². The van der Waals surface area contributed by atoms with Crippen molar-refractivity contribution in [1.82, 2.24) is 0 Å². The van der Waals surface area contributed by atoms with E-state index in [-0.39, 0.29) is 11.9 Å². The van der Waals surface area contributed by atoms with Gasteiger partial charge in [-0.2, -0.15) is 0 Å². The Balaban J connectivity index is 2.30. The van der Waals surface area contributed by atoms with E-state index in [4.69, 9.17) is 16.0 Å². The van der Waals surface area contributed by atoms with Crippen LogP contribution in [0.2, 0.25) is 0 Å². The van der Waals surface area contributed by atoms with Crippen molar-refractivity contribution in [1.29, 1.82) is 0 Å². The van der Waals surface area contributed by atoms with Gasteiger partial charge >= 0.3 is 0 Å². The van der Waals surface area contributed by atoms with Crippen molar-refractivity contribution in [3.05, 3.63) is 58.0 Å². The maximum Gasteiger partial charge on any atom is 0.188 e. The lowest BCUT2D eigenvalue weighted by Crippen LogP contribution is -2.48. The van der Waals surface area contributed by atoms with E-state index >= 15 is 0 Å². The maximum absolute atomic E-state index is 12.7. The number of nitrogens with two attached hydrogens (primary N) is 1. The van der Waals surface area contributed by atoms with E-state index < -0.39 is 18.2 Å². The van der Waals surface area contributed by atoms with Gasteiger partial charge in [-0.1, -0.05) is 49.3 Å². The smallest absolute Gasteiger partial charge is 0.188 e. The van der Waals surface area contributed by atoms with E-state index in [1.54, 1.807) is 12.1 Å². The van der Waals surface area contributed by atoms with E-state index in [1.807, 2.05) is 38.1 Å².